The average molecular weight is 245 g/mol. The van der Waals surface area contributed by atoms with Crippen LogP contribution >= 0.6 is 0 Å². The van der Waals surface area contributed by atoms with Crippen LogP contribution in [0.4, 0.5) is 0 Å². The Bertz CT molecular complexity index is 238. The van der Waals surface area contributed by atoms with Crippen molar-refractivity contribution in [2.75, 3.05) is 32.7 Å². The second kappa shape index (κ2) is 6.10. The van der Waals surface area contributed by atoms with Gasteiger partial charge in [0.25, 0.3) is 0 Å². The highest BCUT2D eigenvalue weighted by atomic mass is 32.2. The van der Waals surface area contributed by atoms with Gasteiger partial charge < -0.3 is 9.45 Å². The zero-order valence-corrected chi connectivity index (χ0v) is 10.6. The van der Waals surface area contributed by atoms with E-state index in [4.69, 9.17) is 0 Å². The fourth-order valence-corrected chi connectivity index (χ4v) is 3.48. The molecule has 5 heteroatoms. The van der Waals surface area contributed by atoms with Crippen LogP contribution in [0.3, 0.4) is 0 Å². The SMILES string of the molecule is O=S([O-])C(CN1CCCC1)N1CCCCC1. The van der Waals surface area contributed by atoms with Crippen molar-refractivity contribution in [2.45, 2.75) is 37.5 Å². The maximum atomic E-state index is 11.3. The van der Waals surface area contributed by atoms with E-state index in [1.807, 2.05) is 0 Å². The molecule has 16 heavy (non-hydrogen) atoms. The lowest BCUT2D eigenvalue weighted by atomic mass is 10.1. The Labute approximate surface area is 100 Å². The molecule has 0 aromatic rings. The highest BCUT2D eigenvalue weighted by Crippen LogP contribution is 2.17. The molecule has 0 bridgehead atoms. The summed E-state index contributed by atoms with van der Waals surface area (Å²) in [6.07, 6.45) is 5.98. The molecule has 2 atom stereocenters. The van der Waals surface area contributed by atoms with Gasteiger partial charge in [-0.2, -0.15) is 0 Å². The van der Waals surface area contributed by atoms with Crippen LogP contribution in [0.25, 0.3) is 0 Å². The molecule has 0 aromatic carbocycles. The highest BCUT2D eigenvalue weighted by Gasteiger charge is 2.24. The van der Waals surface area contributed by atoms with Crippen LogP contribution in [0.5, 0.6) is 0 Å². The zero-order chi connectivity index (χ0) is 11.4. The molecule has 4 nitrogen and oxygen atoms in total. The van der Waals surface area contributed by atoms with Crippen LogP contribution in [0.1, 0.15) is 32.1 Å². The van der Waals surface area contributed by atoms with Gasteiger partial charge in [0.1, 0.15) is 0 Å². The Kier molecular flexibility index (Phi) is 4.76. The first-order valence-corrected chi connectivity index (χ1v) is 7.45. The third-order valence-corrected chi connectivity index (χ3v) is 4.52. The van der Waals surface area contributed by atoms with Crippen LogP contribution in [-0.2, 0) is 11.1 Å². The van der Waals surface area contributed by atoms with Crippen molar-refractivity contribution in [3.63, 3.8) is 0 Å². The highest BCUT2D eigenvalue weighted by molar-refractivity contribution is 7.79. The minimum Gasteiger partial charge on any atom is -0.771 e. The Morgan fingerprint density at radius 1 is 1.00 bits per heavy atom. The van der Waals surface area contributed by atoms with Crippen molar-refractivity contribution >= 4 is 11.1 Å². The van der Waals surface area contributed by atoms with Crippen molar-refractivity contribution in [1.82, 2.24) is 9.80 Å². The second-order valence-electron chi connectivity index (χ2n) is 4.82. The van der Waals surface area contributed by atoms with Crippen molar-refractivity contribution in [3.8, 4) is 0 Å². The van der Waals surface area contributed by atoms with Gasteiger partial charge in [-0.1, -0.05) is 6.42 Å². The number of hydrogen-bond acceptors (Lipinski definition) is 4. The molecule has 2 fully saturated rings. The van der Waals surface area contributed by atoms with Gasteiger partial charge in [0.15, 0.2) is 0 Å². The Balaban J connectivity index is 1.90. The number of piperidine rings is 1. The minimum absolute atomic E-state index is 0.279. The van der Waals surface area contributed by atoms with Gasteiger partial charge in [0.2, 0.25) is 0 Å². The third kappa shape index (κ3) is 3.26. The summed E-state index contributed by atoms with van der Waals surface area (Å²) in [7, 11) is 0. The van der Waals surface area contributed by atoms with Crippen molar-refractivity contribution < 1.29 is 8.76 Å². The van der Waals surface area contributed by atoms with Gasteiger partial charge >= 0.3 is 0 Å². The van der Waals surface area contributed by atoms with E-state index < -0.39 is 11.1 Å². The smallest absolute Gasteiger partial charge is 0.0855 e. The molecule has 2 heterocycles. The molecule has 0 aliphatic carbocycles. The average Bonchev–Trinajstić information content (AvgIpc) is 2.79. The lowest BCUT2D eigenvalue weighted by Crippen LogP contribution is -2.47. The molecule has 0 radical (unpaired) electrons. The summed E-state index contributed by atoms with van der Waals surface area (Å²) in [6.45, 7) is 4.75. The van der Waals surface area contributed by atoms with E-state index in [2.05, 4.69) is 9.80 Å². The van der Waals surface area contributed by atoms with Gasteiger partial charge in [0, 0.05) is 6.54 Å². The fourth-order valence-electron chi connectivity index (χ4n) is 2.69. The molecule has 2 aliphatic rings. The van der Waals surface area contributed by atoms with E-state index >= 15 is 0 Å². The predicted octanol–water partition coefficient (Wildman–Crippen LogP) is 0.773. The van der Waals surface area contributed by atoms with E-state index in [-0.39, 0.29) is 5.37 Å². The first kappa shape index (κ1) is 12.5. The molecule has 0 N–H and O–H groups in total. The second-order valence-corrected chi connectivity index (χ2v) is 5.88. The maximum absolute atomic E-state index is 11.3. The van der Waals surface area contributed by atoms with Gasteiger partial charge in [-0.15, -0.1) is 0 Å². The summed E-state index contributed by atoms with van der Waals surface area (Å²) < 4.78 is 22.6. The van der Waals surface area contributed by atoms with E-state index in [0.717, 1.165) is 39.0 Å². The number of nitrogens with zero attached hydrogens (tertiary/aromatic N) is 2. The molecule has 2 aliphatic heterocycles. The third-order valence-electron chi connectivity index (χ3n) is 3.63. The van der Waals surface area contributed by atoms with Crippen LogP contribution in [0.2, 0.25) is 0 Å². The van der Waals surface area contributed by atoms with Crippen molar-refractivity contribution in [3.05, 3.63) is 0 Å². The lowest BCUT2D eigenvalue weighted by molar-refractivity contribution is 0.168. The number of likely N-dealkylation sites (tertiary alicyclic amines) is 2. The largest absolute Gasteiger partial charge is 0.771 e. The summed E-state index contributed by atoms with van der Waals surface area (Å²) in [5.41, 5.74) is 0. The minimum atomic E-state index is -1.96. The monoisotopic (exact) mass is 245 g/mol. The maximum Gasteiger partial charge on any atom is 0.0855 e. The quantitative estimate of drug-likeness (QED) is 0.687. The van der Waals surface area contributed by atoms with Crippen molar-refractivity contribution in [2.24, 2.45) is 0 Å². The van der Waals surface area contributed by atoms with Crippen molar-refractivity contribution in [1.29, 1.82) is 0 Å². The topological polar surface area (TPSA) is 46.6 Å². The van der Waals surface area contributed by atoms with Crippen LogP contribution in [-0.4, -0.2) is 56.7 Å². The molecule has 2 unspecified atom stereocenters. The molecule has 0 amide bonds. The van der Waals surface area contributed by atoms with Gasteiger partial charge in [-0.25, -0.2) is 0 Å². The van der Waals surface area contributed by atoms with Gasteiger partial charge in [-0.05, 0) is 62.9 Å². The summed E-state index contributed by atoms with van der Waals surface area (Å²) in [4.78, 5) is 4.43. The predicted molar refractivity (Wildman–Crippen MR) is 63.8 cm³/mol. The van der Waals surface area contributed by atoms with E-state index in [0.29, 0.717) is 6.54 Å². The van der Waals surface area contributed by atoms with Gasteiger partial charge in [0.05, 0.1) is 5.37 Å². The molecule has 2 saturated heterocycles. The number of hydrogen-bond donors (Lipinski definition) is 0. The van der Waals surface area contributed by atoms with Gasteiger partial charge in [-0.3, -0.25) is 9.11 Å². The molecular weight excluding hydrogens is 224 g/mol. The molecular formula is C11H21N2O2S-. The van der Waals surface area contributed by atoms with Crippen LogP contribution in [0, 0.1) is 0 Å². The first-order chi connectivity index (χ1) is 7.77. The zero-order valence-electron chi connectivity index (χ0n) is 9.77. The van der Waals surface area contributed by atoms with E-state index in [9.17, 15) is 8.76 Å². The van der Waals surface area contributed by atoms with E-state index in [1.165, 1.54) is 19.3 Å². The molecule has 0 aromatic heterocycles. The number of rotatable bonds is 4. The standard InChI is InChI=1S/C11H22N2O2S/c14-16(15)11(10-12-6-4-5-7-12)13-8-2-1-3-9-13/h11H,1-10H2,(H,14,15)/p-1. The fraction of sp³-hybridized carbons (Fsp3) is 1.00. The summed E-state index contributed by atoms with van der Waals surface area (Å²) >= 11 is -1.96. The van der Waals surface area contributed by atoms with Crippen LogP contribution < -0.4 is 0 Å². The first-order valence-electron chi connectivity index (χ1n) is 6.32. The molecule has 94 valence electrons. The Hall–Kier alpha value is 0.0300. The molecule has 2 rings (SSSR count). The molecule has 0 saturated carbocycles. The summed E-state index contributed by atoms with van der Waals surface area (Å²) in [6, 6.07) is 0. The van der Waals surface area contributed by atoms with E-state index in [1.54, 1.807) is 0 Å². The summed E-state index contributed by atoms with van der Waals surface area (Å²) in [5.74, 6) is 0. The lowest BCUT2D eigenvalue weighted by Gasteiger charge is -2.37. The Morgan fingerprint density at radius 2 is 1.56 bits per heavy atom. The normalized spacial score (nSPS) is 28.1. The Morgan fingerprint density at radius 3 is 2.12 bits per heavy atom. The van der Waals surface area contributed by atoms with Crippen LogP contribution in [0.15, 0.2) is 0 Å². The molecule has 0 spiro atoms. The summed E-state index contributed by atoms with van der Waals surface area (Å²) in [5, 5.41) is -0.279.